The maximum Gasteiger partial charge on any atom is 0.313 e. The molecule has 0 amide bonds. The molecular weight excluding hydrogens is 333 g/mol. The molecule has 100 valence electrons. The molecule has 0 atom stereocenters. The zero-order valence-electron chi connectivity index (χ0n) is 9.18. The fraction of sp³-hybridized carbons (Fsp3) is 0.100. The second-order valence-corrected chi connectivity index (χ2v) is 5.58. The van der Waals surface area contributed by atoms with Gasteiger partial charge in [0, 0.05) is 5.02 Å². The average Bonchev–Trinajstić information content (AvgIpc) is 2.73. The highest BCUT2D eigenvalue weighted by molar-refractivity contribution is 7.99. The number of aromatic nitrogens is 3. The Morgan fingerprint density at radius 2 is 1.95 bits per heavy atom. The van der Waals surface area contributed by atoms with Crippen LogP contribution in [0.15, 0.2) is 23.6 Å². The van der Waals surface area contributed by atoms with E-state index in [-0.39, 0.29) is 5.75 Å². The lowest BCUT2D eigenvalue weighted by Crippen LogP contribution is -2.02. The van der Waals surface area contributed by atoms with Crippen LogP contribution in [0.25, 0.3) is 5.69 Å². The van der Waals surface area contributed by atoms with Gasteiger partial charge in [0.05, 0.1) is 21.5 Å². The Kier molecular flexibility index (Phi) is 4.57. The lowest BCUT2D eigenvalue weighted by molar-refractivity contribution is -0.133. The summed E-state index contributed by atoms with van der Waals surface area (Å²) >= 11 is 19.0. The molecule has 0 fully saturated rings. The molecule has 0 aliphatic heterocycles. The zero-order valence-corrected chi connectivity index (χ0v) is 12.3. The number of halogens is 3. The van der Waals surface area contributed by atoms with Gasteiger partial charge in [0.2, 0.25) is 0 Å². The van der Waals surface area contributed by atoms with Crippen LogP contribution in [0.4, 0.5) is 0 Å². The summed E-state index contributed by atoms with van der Waals surface area (Å²) in [4.78, 5) is 10.6. The topological polar surface area (TPSA) is 68.0 Å². The van der Waals surface area contributed by atoms with Gasteiger partial charge in [0.1, 0.15) is 6.33 Å². The number of nitrogens with zero attached hydrogens (tertiary/aromatic N) is 3. The third kappa shape index (κ3) is 3.33. The van der Waals surface area contributed by atoms with E-state index >= 15 is 0 Å². The zero-order chi connectivity index (χ0) is 14.0. The molecule has 0 unspecified atom stereocenters. The fourth-order valence-electron chi connectivity index (χ4n) is 1.37. The maximum absolute atomic E-state index is 10.6. The summed E-state index contributed by atoms with van der Waals surface area (Å²) in [7, 11) is 0. The molecule has 0 aliphatic carbocycles. The third-order valence-corrected chi connectivity index (χ3v) is 3.79. The van der Waals surface area contributed by atoms with Gasteiger partial charge in [-0.25, -0.2) is 0 Å². The number of thioether (sulfide) groups is 1. The van der Waals surface area contributed by atoms with Gasteiger partial charge in [-0.2, -0.15) is 0 Å². The predicted molar refractivity (Wildman–Crippen MR) is 74.7 cm³/mol. The number of carbonyl (C=O) groups is 1. The van der Waals surface area contributed by atoms with Crippen LogP contribution in [0.1, 0.15) is 0 Å². The summed E-state index contributed by atoms with van der Waals surface area (Å²) in [5.74, 6) is -1.09. The van der Waals surface area contributed by atoms with E-state index in [0.717, 1.165) is 11.8 Å². The number of hydrogen-bond acceptors (Lipinski definition) is 4. The van der Waals surface area contributed by atoms with Gasteiger partial charge in [-0.1, -0.05) is 46.6 Å². The molecule has 1 N–H and O–H groups in total. The van der Waals surface area contributed by atoms with Gasteiger partial charge in [-0.05, 0) is 12.1 Å². The lowest BCUT2D eigenvalue weighted by Gasteiger charge is -2.10. The van der Waals surface area contributed by atoms with E-state index < -0.39 is 5.97 Å². The summed E-state index contributed by atoms with van der Waals surface area (Å²) in [5, 5.41) is 17.7. The minimum Gasteiger partial charge on any atom is -0.481 e. The molecular formula is C10H6Cl3N3O2S. The normalized spacial score (nSPS) is 10.7. The Bertz CT molecular complexity index is 609. The second-order valence-electron chi connectivity index (χ2n) is 3.38. The van der Waals surface area contributed by atoms with Crippen molar-refractivity contribution in [1.82, 2.24) is 14.8 Å². The minimum absolute atomic E-state index is 0.137. The summed E-state index contributed by atoms with van der Waals surface area (Å²) in [6, 6.07) is 3.08. The van der Waals surface area contributed by atoms with Crippen molar-refractivity contribution >= 4 is 52.5 Å². The monoisotopic (exact) mass is 337 g/mol. The number of carboxylic acid groups (broad SMARTS) is 1. The van der Waals surface area contributed by atoms with Crippen LogP contribution in [-0.4, -0.2) is 31.6 Å². The van der Waals surface area contributed by atoms with Gasteiger partial charge < -0.3 is 5.11 Å². The average molecular weight is 339 g/mol. The maximum atomic E-state index is 10.6. The van der Waals surface area contributed by atoms with Crippen molar-refractivity contribution in [3.05, 3.63) is 33.5 Å². The predicted octanol–water partition coefficient (Wildman–Crippen LogP) is 3.40. The van der Waals surface area contributed by atoms with Gasteiger partial charge in [0.25, 0.3) is 0 Å². The number of benzene rings is 1. The van der Waals surface area contributed by atoms with Crippen LogP contribution >= 0.6 is 46.6 Å². The molecule has 5 nitrogen and oxygen atoms in total. The van der Waals surface area contributed by atoms with Gasteiger partial charge in [0.15, 0.2) is 5.16 Å². The third-order valence-electron chi connectivity index (χ3n) is 2.06. The van der Waals surface area contributed by atoms with Crippen LogP contribution in [0, 0.1) is 0 Å². The van der Waals surface area contributed by atoms with Crippen molar-refractivity contribution < 1.29 is 9.90 Å². The number of rotatable bonds is 4. The molecule has 0 saturated carbocycles. The van der Waals surface area contributed by atoms with Crippen molar-refractivity contribution in [2.45, 2.75) is 5.16 Å². The number of aliphatic carboxylic acids is 1. The first-order chi connectivity index (χ1) is 8.99. The van der Waals surface area contributed by atoms with Crippen LogP contribution in [0.3, 0.4) is 0 Å². The Morgan fingerprint density at radius 3 is 2.53 bits per heavy atom. The first kappa shape index (κ1) is 14.5. The molecule has 0 saturated heterocycles. The lowest BCUT2D eigenvalue weighted by atomic mass is 10.3. The van der Waals surface area contributed by atoms with E-state index in [1.807, 2.05) is 0 Å². The highest BCUT2D eigenvalue weighted by Crippen LogP contribution is 2.34. The Morgan fingerprint density at radius 1 is 1.32 bits per heavy atom. The molecule has 19 heavy (non-hydrogen) atoms. The first-order valence-electron chi connectivity index (χ1n) is 4.88. The van der Waals surface area contributed by atoms with Crippen molar-refractivity contribution in [3.8, 4) is 5.69 Å². The van der Waals surface area contributed by atoms with Gasteiger partial charge in [-0.3, -0.25) is 9.36 Å². The molecule has 1 aromatic carbocycles. The fourth-order valence-corrected chi connectivity index (χ4v) is 3.00. The van der Waals surface area contributed by atoms with E-state index in [0.29, 0.717) is 25.9 Å². The molecule has 2 rings (SSSR count). The molecule has 1 heterocycles. The van der Waals surface area contributed by atoms with E-state index in [9.17, 15) is 4.79 Å². The van der Waals surface area contributed by atoms with Crippen LogP contribution < -0.4 is 0 Å². The Labute approximate surface area is 127 Å². The molecule has 0 radical (unpaired) electrons. The van der Waals surface area contributed by atoms with Crippen LogP contribution in [0.2, 0.25) is 15.1 Å². The molecule has 2 aromatic rings. The van der Waals surface area contributed by atoms with E-state index in [4.69, 9.17) is 39.9 Å². The molecule has 0 spiro atoms. The molecule has 0 bridgehead atoms. The number of hydrogen-bond donors (Lipinski definition) is 1. The van der Waals surface area contributed by atoms with Gasteiger partial charge in [-0.15, -0.1) is 10.2 Å². The van der Waals surface area contributed by atoms with Crippen molar-refractivity contribution in [2.75, 3.05) is 5.75 Å². The van der Waals surface area contributed by atoms with Crippen molar-refractivity contribution in [2.24, 2.45) is 0 Å². The van der Waals surface area contributed by atoms with E-state index in [1.165, 1.54) is 23.0 Å². The summed E-state index contributed by atoms with van der Waals surface area (Å²) in [6.07, 6.45) is 1.41. The number of carboxylic acids is 1. The standard InChI is InChI=1S/C10H6Cl3N3O2S/c11-5-1-6(12)9(7(13)2-5)16-4-14-15-10(16)19-3-8(17)18/h1-2,4H,3H2,(H,17,18). The quantitative estimate of drug-likeness (QED) is 0.865. The SMILES string of the molecule is O=C(O)CSc1nncn1-c1c(Cl)cc(Cl)cc1Cl. The molecule has 9 heteroatoms. The van der Waals surface area contributed by atoms with E-state index in [1.54, 1.807) is 0 Å². The Balaban J connectivity index is 2.43. The minimum atomic E-state index is -0.951. The van der Waals surface area contributed by atoms with Crippen molar-refractivity contribution in [1.29, 1.82) is 0 Å². The largest absolute Gasteiger partial charge is 0.481 e. The van der Waals surface area contributed by atoms with Crippen molar-refractivity contribution in [3.63, 3.8) is 0 Å². The van der Waals surface area contributed by atoms with E-state index in [2.05, 4.69) is 10.2 Å². The molecule has 0 aliphatic rings. The molecule has 1 aromatic heterocycles. The first-order valence-corrected chi connectivity index (χ1v) is 7.00. The highest BCUT2D eigenvalue weighted by atomic mass is 35.5. The van der Waals surface area contributed by atoms with Crippen LogP contribution in [-0.2, 0) is 4.79 Å². The smallest absolute Gasteiger partial charge is 0.313 e. The second kappa shape index (κ2) is 6.00. The summed E-state index contributed by atoms with van der Waals surface area (Å²) in [5.41, 5.74) is 0.464. The van der Waals surface area contributed by atoms with Crippen LogP contribution in [0.5, 0.6) is 0 Å². The van der Waals surface area contributed by atoms with Gasteiger partial charge >= 0.3 is 5.97 Å². The summed E-state index contributed by atoms with van der Waals surface area (Å²) < 4.78 is 1.52. The Hall–Kier alpha value is -0.950. The summed E-state index contributed by atoms with van der Waals surface area (Å²) in [6.45, 7) is 0. The highest BCUT2D eigenvalue weighted by Gasteiger charge is 2.15.